The van der Waals surface area contributed by atoms with E-state index in [0.29, 0.717) is 33.3 Å². The van der Waals surface area contributed by atoms with E-state index in [-0.39, 0.29) is 16.8 Å². The van der Waals surface area contributed by atoms with Crippen LogP contribution in [0.3, 0.4) is 0 Å². The van der Waals surface area contributed by atoms with Crippen molar-refractivity contribution in [3.8, 4) is 11.8 Å². The highest BCUT2D eigenvalue weighted by atomic mass is 32.9. The third kappa shape index (κ3) is 6.49. The molecule has 0 saturated carbocycles. The van der Waals surface area contributed by atoms with E-state index in [1.54, 1.807) is 29.6 Å². The SMILES string of the molecule is CCCCC(C)OP(=S)(Oc1cc(C)c(C)c2oc3ccc(C#N)cc3c(=O)c12)SC(C)CCC. The van der Waals surface area contributed by atoms with Gasteiger partial charge >= 0.3 is 0 Å². The number of aryl methyl sites for hydroxylation is 2. The maximum absolute atomic E-state index is 13.7. The average molecular weight is 532 g/mol. The molecule has 3 aromatic rings. The van der Waals surface area contributed by atoms with Gasteiger partial charge in [0.15, 0.2) is 0 Å². The molecule has 0 aliphatic carbocycles. The summed E-state index contributed by atoms with van der Waals surface area (Å²) in [6, 6.07) is 8.84. The molecule has 5 nitrogen and oxygen atoms in total. The maximum Gasteiger partial charge on any atom is 0.298 e. The molecule has 2 aromatic carbocycles. The Morgan fingerprint density at radius 2 is 1.91 bits per heavy atom. The highest BCUT2D eigenvalue weighted by Crippen LogP contribution is 2.64. The first kappa shape index (κ1) is 27.7. The summed E-state index contributed by atoms with van der Waals surface area (Å²) in [6.45, 7) is 12.4. The second-order valence-electron chi connectivity index (χ2n) is 9.08. The quantitative estimate of drug-likeness (QED) is 0.181. The van der Waals surface area contributed by atoms with Gasteiger partial charge in [-0.1, -0.05) is 51.4 Å². The highest BCUT2D eigenvalue weighted by Gasteiger charge is 2.30. The van der Waals surface area contributed by atoms with Gasteiger partial charge in [-0.25, -0.2) is 0 Å². The molecule has 0 amide bonds. The van der Waals surface area contributed by atoms with Crippen LogP contribution < -0.4 is 9.95 Å². The Morgan fingerprint density at radius 1 is 1.17 bits per heavy atom. The van der Waals surface area contributed by atoms with E-state index < -0.39 is 5.69 Å². The normalized spacial score (nSPS) is 15.0. The van der Waals surface area contributed by atoms with Crippen LogP contribution in [0.25, 0.3) is 21.9 Å². The lowest BCUT2D eigenvalue weighted by Crippen LogP contribution is -2.11. The minimum absolute atomic E-state index is 0.0460. The van der Waals surface area contributed by atoms with Crippen molar-refractivity contribution in [2.24, 2.45) is 0 Å². The fourth-order valence-electron chi connectivity index (χ4n) is 4.01. The molecule has 0 fully saturated rings. The van der Waals surface area contributed by atoms with Crippen LogP contribution in [0, 0.1) is 25.2 Å². The van der Waals surface area contributed by atoms with Gasteiger partial charge in [0, 0.05) is 5.25 Å². The zero-order chi connectivity index (χ0) is 25.8. The minimum atomic E-state index is -2.84. The lowest BCUT2D eigenvalue weighted by atomic mass is 10.0. The lowest BCUT2D eigenvalue weighted by molar-refractivity contribution is 0.216. The molecular formula is C27H34NO4PS2. The zero-order valence-electron chi connectivity index (χ0n) is 21.3. The molecule has 0 aliphatic heterocycles. The summed E-state index contributed by atoms with van der Waals surface area (Å²) in [7, 11) is 0. The number of unbranched alkanes of at least 4 members (excludes halogenated alkanes) is 1. The summed E-state index contributed by atoms with van der Waals surface area (Å²) in [6.07, 6.45) is 5.02. The lowest BCUT2D eigenvalue weighted by Gasteiger charge is -2.28. The van der Waals surface area contributed by atoms with Crippen LogP contribution in [-0.4, -0.2) is 11.4 Å². The third-order valence-electron chi connectivity index (χ3n) is 6.03. The van der Waals surface area contributed by atoms with Crippen molar-refractivity contribution in [3.05, 3.63) is 51.2 Å². The largest absolute Gasteiger partial charge is 0.455 e. The van der Waals surface area contributed by atoms with Gasteiger partial charge in [0.2, 0.25) is 5.43 Å². The molecule has 0 spiro atoms. The van der Waals surface area contributed by atoms with Crippen LogP contribution in [-0.2, 0) is 16.3 Å². The Bertz CT molecular complexity index is 1360. The Balaban J connectivity index is 2.18. The molecular weight excluding hydrogens is 497 g/mol. The van der Waals surface area contributed by atoms with Gasteiger partial charge in [-0.05, 0) is 80.8 Å². The van der Waals surface area contributed by atoms with E-state index in [1.807, 2.05) is 26.8 Å². The monoisotopic (exact) mass is 531 g/mol. The number of nitrogens with zero attached hydrogens (tertiary/aromatic N) is 1. The molecule has 0 aliphatic rings. The average Bonchev–Trinajstić information content (AvgIpc) is 2.80. The Kier molecular flexibility index (Phi) is 9.46. The molecule has 1 heterocycles. The third-order valence-corrected chi connectivity index (χ3v) is 11.5. The van der Waals surface area contributed by atoms with Crippen LogP contribution in [0.1, 0.15) is 76.5 Å². The van der Waals surface area contributed by atoms with Gasteiger partial charge in [-0.2, -0.15) is 5.26 Å². The van der Waals surface area contributed by atoms with Gasteiger partial charge < -0.3 is 13.5 Å². The maximum atomic E-state index is 13.7. The van der Waals surface area contributed by atoms with E-state index in [0.717, 1.165) is 43.2 Å². The van der Waals surface area contributed by atoms with Gasteiger partial charge in [0.25, 0.3) is 5.69 Å². The van der Waals surface area contributed by atoms with Crippen molar-refractivity contribution in [3.63, 3.8) is 0 Å². The highest BCUT2D eigenvalue weighted by molar-refractivity contribution is 8.68. The predicted octanol–water partition coefficient (Wildman–Crippen LogP) is 8.56. The molecule has 188 valence electrons. The van der Waals surface area contributed by atoms with Crippen molar-refractivity contribution >= 4 is 50.8 Å². The van der Waals surface area contributed by atoms with Crippen LogP contribution in [0.15, 0.2) is 33.5 Å². The number of fused-ring (bicyclic) bond motifs is 2. The summed E-state index contributed by atoms with van der Waals surface area (Å²) in [5, 5.41) is 10.3. The molecule has 3 rings (SSSR count). The fourth-order valence-corrected chi connectivity index (χ4v) is 10.5. The fraction of sp³-hybridized carbons (Fsp3) is 0.481. The van der Waals surface area contributed by atoms with Crippen molar-refractivity contribution in [2.75, 3.05) is 0 Å². The van der Waals surface area contributed by atoms with Gasteiger partial charge in [0.1, 0.15) is 22.3 Å². The molecule has 3 unspecified atom stereocenters. The van der Waals surface area contributed by atoms with Gasteiger partial charge in [0.05, 0.1) is 23.1 Å². The first-order valence-electron chi connectivity index (χ1n) is 12.2. The molecule has 8 heteroatoms. The number of nitriles is 1. The van der Waals surface area contributed by atoms with Crippen LogP contribution >= 0.6 is 17.1 Å². The summed E-state index contributed by atoms with van der Waals surface area (Å²) in [5.74, 6) is 0.392. The van der Waals surface area contributed by atoms with Crippen LogP contribution in [0.5, 0.6) is 5.75 Å². The van der Waals surface area contributed by atoms with Crippen molar-refractivity contribution in [2.45, 2.75) is 85.0 Å². The number of benzene rings is 2. The number of hydrogen-bond donors (Lipinski definition) is 0. The summed E-state index contributed by atoms with van der Waals surface area (Å²) < 4.78 is 19.2. The molecule has 0 saturated heterocycles. The molecule has 0 bridgehead atoms. The second-order valence-corrected chi connectivity index (χ2v) is 15.6. The van der Waals surface area contributed by atoms with E-state index in [9.17, 15) is 10.1 Å². The molecule has 3 atom stereocenters. The van der Waals surface area contributed by atoms with Crippen molar-refractivity contribution < 1.29 is 13.5 Å². The van der Waals surface area contributed by atoms with Crippen molar-refractivity contribution in [1.29, 1.82) is 5.26 Å². The van der Waals surface area contributed by atoms with E-state index in [4.69, 9.17) is 25.3 Å². The second kappa shape index (κ2) is 11.9. The Labute approximate surface area is 217 Å². The van der Waals surface area contributed by atoms with E-state index in [1.165, 1.54) is 0 Å². The summed E-state index contributed by atoms with van der Waals surface area (Å²) in [4.78, 5) is 13.7. The standard InChI is InChI=1S/C27H34NO4PS2/c1-7-9-11-18(4)31-33(34,35-19(5)10-8-2)32-24-14-17(3)20(6)27-25(24)26(29)22-15-21(16-28)12-13-23(22)30-27/h12-15,18-19H,7-11H2,1-6H3. The van der Waals surface area contributed by atoms with Gasteiger partial charge in [-0.3, -0.25) is 4.79 Å². The van der Waals surface area contributed by atoms with Gasteiger partial charge in [-0.15, -0.1) is 0 Å². The first-order chi connectivity index (χ1) is 16.6. The smallest absolute Gasteiger partial charge is 0.298 e. The van der Waals surface area contributed by atoms with E-state index in [2.05, 4.69) is 26.8 Å². The zero-order valence-corrected chi connectivity index (χ0v) is 23.9. The first-order valence-corrected chi connectivity index (χ1v) is 16.3. The van der Waals surface area contributed by atoms with E-state index >= 15 is 0 Å². The van der Waals surface area contributed by atoms with Crippen molar-refractivity contribution in [1.82, 2.24) is 0 Å². The summed E-state index contributed by atoms with van der Waals surface area (Å²) >= 11 is 7.64. The van der Waals surface area contributed by atoms with Crippen LogP contribution in [0.2, 0.25) is 0 Å². The summed E-state index contributed by atoms with van der Waals surface area (Å²) in [5.41, 5.74) is 0.0576. The topological polar surface area (TPSA) is 72.5 Å². The Hall–Kier alpha value is -1.84. The number of hydrogen-bond acceptors (Lipinski definition) is 7. The molecule has 0 N–H and O–H groups in total. The predicted molar refractivity (Wildman–Crippen MR) is 151 cm³/mol. The molecule has 35 heavy (non-hydrogen) atoms. The molecule has 1 aromatic heterocycles. The Morgan fingerprint density at radius 3 is 2.57 bits per heavy atom. The van der Waals surface area contributed by atoms with Crippen LogP contribution in [0.4, 0.5) is 0 Å². The minimum Gasteiger partial charge on any atom is -0.455 e. The molecule has 0 radical (unpaired) electrons. The number of rotatable bonds is 11.